The summed E-state index contributed by atoms with van der Waals surface area (Å²) < 4.78 is 7.70. The average molecular weight is 252 g/mol. The molecule has 92 valence electrons. The third-order valence-electron chi connectivity index (χ3n) is 2.89. The topological polar surface area (TPSA) is 14.2 Å². The molecule has 2 aromatic rings. The minimum absolute atomic E-state index is 0.577. The van der Waals surface area contributed by atoms with Crippen molar-refractivity contribution in [3.8, 4) is 0 Å². The van der Waals surface area contributed by atoms with E-state index in [1.54, 1.807) is 0 Å². The quantitative estimate of drug-likeness (QED) is 0.725. The van der Waals surface area contributed by atoms with Crippen LogP contribution in [0, 0.1) is 0 Å². The number of aromatic nitrogens is 1. The summed E-state index contributed by atoms with van der Waals surface area (Å²) in [5.74, 6) is 0. The zero-order valence-electron chi connectivity index (χ0n) is 10.4. The fourth-order valence-electron chi connectivity index (χ4n) is 2.08. The lowest BCUT2D eigenvalue weighted by Crippen LogP contribution is -2.02. The molecule has 3 heteroatoms. The highest BCUT2D eigenvalue weighted by atomic mass is 35.5. The van der Waals surface area contributed by atoms with Gasteiger partial charge in [0.25, 0.3) is 0 Å². The fourth-order valence-corrected chi connectivity index (χ4v) is 2.36. The van der Waals surface area contributed by atoms with Gasteiger partial charge in [0.05, 0.1) is 10.5 Å². The van der Waals surface area contributed by atoms with Crippen LogP contribution in [0.3, 0.4) is 0 Å². The van der Waals surface area contributed by atoms with Crippen molar-refractivity contribution in [1.82, 2.24) is 4.57 Å². The SMILES string of the molecule is CCCOCn1cc(CC)c2cccc(Cl)c21. The van der Waals surface area contributed by atoms with Crippen LogP contribution in [-0.4, -0.2) is 11.2 Å². The Kier molecular flexibility index (Phi) is 4.08. The zero-order valence-corrected chi connectivity index (χ0v) is 11.1. The van der Waals surface area contributed by atoms with Crippen molar-refractivity contribution >= 4 is 22.5 Å². The van der Waals surface area contributed by atoms with E-state index in [1.165, 1.54) is 10.9 Å². The van der Waals surface area contributed by atoms with Gasteiger partial charge in [-0.2, -0.15) is 0 Å². The van der Waals surface area contributed by atoms with Gasteiger partial charge in [0.2, 0.25) is 0 Å². The molecule has 0 bridgehead atoms. The molecule has 0 amide bonds. The van der Waals surface area contributed by atoms with Gasteiger partial charge in [-0.05, 0) is 24.5 Å². The molecule has 0 aliphatic carbocycles. The Morgan fingerprint density at radius 1 is 1.29 bits per heavy atom. The number of fused-ring (bicyclic) bond motifs is 1. The van der Waals surface area contributed by atoms with Crippen LogP contribution in [0.25, 0.3) is 10.9 Å². The lowest BCUT2D eigenvalue weighted by molar-refractivity contribution is 0.0803. The van der Waals surface area contributed by atoms with Crippen LogP contribution in [0.4, 0.5) is 0 Å². The highest BCUT2D eigenvalue weighted by Crippen LogP contribution is 2.28. The first kappa shape index (κ1) is 12.5. The molecule has 0 fully saturated rings. The third-order valence-corrected chi connectivity index (χ3v) is 3.20. The third kappa shape index (κ3) is 2.48. The van der Waals surface area contributed by atoms with Gasteiger partial charge in [-0.15, -0.1) is 0 Å². The van der Waals surface area contributed by atoms with Gasteiger partial charge in [-0.25, -0.2) is 0 Å². The lowest BCUT2D eigenvalue weighted by Gasteiger charge is -2.06. The maximum atomic E-state index is 6.27. The molecule has 0 unspecified atom stereocenters. The van der Waals surface area contributed by atoms with E-state index in [-0.39, 0.29) is 0 Å². The number of hydrogen-bond donors (Lipinski definition) is 0. The van der Waals surface area contributed by atoms with Gasteiger partial charge >= 0.3 is 0 Å². The van der Waals surface area contributed by atoms with E-state index in [0.29, 0.717) is 6.73 Å². The molecule has 2 rings (SSSR count). The molecule has 0 aliphatic heterocycles. The molecule has 0 N–H and O–H groups in total. The number of rotatable bonds is 5. The summed E-state index contributed by atoms with van der Waals surface area (Å²) in [6, 6.07) is 6.05. The maximum absolute atomic E-state index is 6.27. The summed E-state index contributed by atoms with van der Waals surface area (Å²) in [6.07, 6.45) is 4.19. The summed E-state index contributed by atoms with van der Waals surface area (Å²) in [4.78, 5) is 0. The molecule has 1 heterocycles. The van der Waals surface area contributed by atoms with Crippen molar-refractivity contribution in [2.75, 3.05) is 6.61 Å². The normalized spacial score (nSPS) is 11.2. The van der Waals surface area contributed by atoms with E-state index in [2.05, 4.69) is 30.7 Å². The Hall–Kier alpha value is -0.990. The van der Waals surface area contributed by atoms with E-state index in [1.807, 2.05) is 12.1 Å². The van der Waals surface area contributed by atoms with E-state index < -0.39 is 0 Å². The van der Waals surface area contributed by atoms with Gasteiger partial charge in [-0.3, -0.25) is 0 Å². The largest absolute Gasteiger partial charge is 0.361 e. The van der Waals surface area contributed by atoms with Crippen LogP contribution in [0.5, 0.6) is 0 Å². The molecule has 0 aliphatic rings. The van der Waals surface area contributed by atoms with Crippen molar-refractivity contribution < 1.29 is 4.74 Å². The summed E-state index contributed by atoms with van der Waals surface area (Å²) in [7, 11) is 0. The number of aryl methyl sites for hydroxylation is 1. The summed E-state index contributed by atoms with van der Waals surface area (Å²) in [5.41, 5.74) is 2.41. The van der Waals surface area contributed by atoms with E-state index >= 15 is 0 Å². The molecule has 0 radical (unpaired) electrons. The van der Waals surface area contributed by atoms with Gasteiger partial charge < -0.3 is 9.30 Å². The summed E-state index contributed by atoms with van der Waals surface area (Å²) in [5, 5.41) is 2.03. The molecule has 1 aromatic heterocycles. The predicted octanol–water partition coefficient (Wildman–Crippen LogP) is 4.24. The Bertz CT molecular complexity index is 504. The molecule has 1 aromatic carbocycles. The number of hydrogen-bond acceptors (Lipinski definition) is 1. The second-order valence-corrected chi connectivity index (χ2v) is 4.56. The molecule has 17 heavy (non-hydrogen) atoms. The summed E-state index contributed by atoms with van der Waals surface area (Å²) in [6.45, 7) is 5.63. The number of ether oxygens (including phenoxy) is 1. The van der Waals surface area contributed by atoms with Crippen LogP contribution in [-0.2, 0) is 17.9 Å². The van der Waals surface area contributed by atoms with Crippen LogP contribution in [0.15, 0.2) is 24.4 Å². The van der Waals surface area contributed by atoms with Gasteiger partial charge in [0, 0.05) is 18.2 Å². The average Bonchev–Trinajstić information content (AvgIpc) is 2.69. The highest BCUT2D eigenvalue weighted by molar-refractivity contribution is 6.35. The van der Waals surface area contributed by atoms with Crippen molar-refractivity contribution in [2.45, 2.75) is 33.4 Å². The molecule has 0 spiro atoms. The van der Waals surface area contributed by atoms with E-state index in [9.17, 15) is 0 Å². The van der Waals surface area contributed by atoms with Gasteiger partial charge in [0.1, 0.15) is 6.73 Å². The van der Waals surface area contributed by atoms with Crippen molar-refractivity contribution in [2.24, 2.45) is 0 Å². The number of halogens is 1. The van der Waals surface area contributed by atoms with Crippen LogP contribution < -0.4 is 0 Å². The maximum Gasteiger partial charge on any atom is 0.122 e. The van der Waals surface area contributed by atoms with Crippen molar-refractivity contribution in [3.05, 3.63) is 35.0 Å². The second-order valence-electron chi connectivity index (χ2n) is 4.15. The molecular weight excluding hydrogens is 234 g/mol. The Morgan fingerprint density at radius 3 is 2.82 bits per heavy atom. The molecule has 2 nitrogen and oxygen atoms in total. The Morgan fingerprint density at radius 2 is 2.12 bits per heavy atom. The first-order valence-corrected chi connectivity index (χ1v) is 6.49. The van der Waals surface area contributed by atoms with Crippen molar-refractivity contribution in [3.63, 3.8) is 0 Å². The number of para-hydroxylation sites is 1. The smallest absolute Gasteiger partial charge is 0.122 e. The minimum Gasteiger partial charge on any atom is -0.361 e. The van der Waals surface area contributed by atoms with Gasteiger partial charge in [0.15, 0.2) is 0 Å². The first-order valence-electron chi connectivity index (χ1n) is 6.11. The van der Waals surface area contributed by atoms with Gasteiger partial charge in [-0.1, -0.05) is 37.6 Å². The standard InChI is InChI=1S/C14H18ClNO/c1-3-8-17-10-16-9-11(4-2)12-6-5-7-13(15)14(12)16/h5-7,9H,3-4,8,10H2,1-2H3. The minimum atomic E-state index is 0.577. The first-order chi connectivity index (χ1) is 8.27. The molecule has 0 saturated heterocycles. The van der Waals surface area contributed by atoms with E-state index in [4.69, 9.17) is 16.3 Å². The summed E-state index contributed by atoms with van der Waals surface area (Å²) >= 11 is 6.27. The molecular formula is C14H18ClNO. The molecule has 0 atom stereocenters. The zero-order chi connectivity index (χ0) is 12.3. The fraction of sp³-hybridized carbons (Fsp3) is 0.429. The lowest BCUT2D eigenvalue weighted by atomic mass is 10.1. The van der Waals surface area contributed by atoms with Crippen molar-refractivity contribution in [1.29, 1.82) is 0 Å². The van der Waals surface area contributed by atoms with Crippen LogP contribution in [0.1, 0.15) is 25.8 Å². The number of nitrogens with zero attached hydrogens (tertiary/aromatic N) is 1. The van der Waals surface area contributed by atoms with Crippen LogP contribution >= 0.6 is 11.6 Å². The Labute approximate surface area is 107 Å². The van der Waals surface area contributed by atoms with Crippen LogP contribution in [0.2, 0.25) is 5.02 Å². The van der Waals surface area contributed by atoms with E-state index in [0.717, 1.165) is 30.0 Å². The highest BCUT2D eigenvalue weighted by Gasteiger charge is 2.09. The second kappa shape index (κ2) is 5.56. The predicted molar refractivity (Wildman–Crippen MR) is 72.6 cm³/mol. The number of benzene rings is 1. The Balaban J connectivity index is 2.40. The molecule has 0 saturated carbocycles. The monoisotopic (exact) mass is 251 g/mol.